The van der Waals surface area contributed by atoms with E-state index in [2.05, 4.69) is 0 Å². The van der Waals surface area contributed by atoms with Crippen LogP contribution in [0, 0.1) is 5.82 Å². The molecule has 1 heterocycles. The van der Waals surface area contributed by atoms with Crippen LogP contribution in [0.3, 0.4) is 0 Å². The van der Waals surface area contributed by atoms with Gasteiger partial charge in [0, 0.05) is 13.0 Å². The number of rotatable bonds is 1. The summed E-state index contributed by atoms with van der Waals surface area (Å²) in [5.41, 5.74) is -0.811. The zero-order valence-corrected chi connectivity index (χ0v) is 9.87. The average molecular weight is 235 g/mol. The van der Waals surface area contributed by atoms with Gasteiger partial charge in [-0.05, 0) is 26.0 Å². The summed E-state index contributed by atoms with van der Waals surface area (Å²) >= 11 is 0. The van der Waals surface area contributed by atoms with Crippen molar-refractivity contribution in [3.8, 4) is 0 Å². The molecule has 1 aromatic rings. The summed E-state index contributed by atoms with van der Waals surface area (Å²) in [6.07, 6.45) is 0.340. The van der Waals surface area contributed by atoms with Gasteiger partial charge in [-0.1, -0.05) is 12.1 Å². The molecule has 1 aliphatic heterocycles. The summed E-state index contributed by atoms with van der Waals surface area (Å²) in [6, 6.07) is 5.84. The number of hydrogen-bond donors (Lipinski definition) is 0. The van der Waals surface area contributed by atoms with Crippen molar-refractivity contribution < 1.29 is 14.0 Å². The number of amides is 1. The predicted molar refractivity (Wildman–Crippen MR) is 61.1 cm³/mol. The third kappa shape index (κ3) is 1.84. The molecule has 0 N–H and O–H groups in total. The maximum Gasteiger partial charge on any atom is 0.257 e. The van der Waals surface area contributed by atoms with Crippen LogP contribution in [-0.4, -0.2) is 28.7 Å². The molecule has 1 amide bonds. The highest BCUT2D eigenvalue weighted by Crippen LogP contribution is 2.27. The lowest BCUT2D eigenvalue weighted by Crippen LogP contribution is -2.46. The molecule has 0 aromatic heterocycles. The fourth-order valence-corrected chi connectivity index (χ4v) is 2.08. The number of carbonyl (C=O) groups excluding carboxylic acids is 2. The van der Waals surface area contributed by atoms with Gasteiger partial charge in [-0.3, -0.25) is 9.59 Å². The molecule has 0 radical (unpaired) electrons. The van der Waals surface area contributed by atoms with Crippen molar-refractivity contribution in [3.05, 3.63) is 35.6 Å². The Morgan fingerprint density at radius 2 is 2.00 bits per heavy atom. The van der Waals surface area contributed by atoms with Crippen molar-refractivity contribution in [3.63, 3.8) is 0 Å². The maximum atomic E-state index is 13.5. The Labute approximate surface area is 99.2 Å². The number of ketones is 1. The molecule has 4 heteroatoms. The smallest absolute Gasteiger partial charge is 0.257 e. The SMILES string of the molecule is CC1(C)C(=O)CCN1C(=O)c1ccccc1F. The third-order valence-electron chi connectivity index (χ3n) is 3.27. The number of carbonyl (C=O) groups is 2. The molecule has 1 fully saturated rings. The molecule has 0 saturated carbocycles. The first kappa shape index (κ1) is 11.8. The molecule has 1 aromatic carbocycles. The van der Waals surface area contributed by atoms with Crippen LogP contribution >= 0.6 is 0 Å². The Morgan fingerprint density at radius 1 is 1.35 bits per heavy atom. The predicted octanol–water partition coefficient (Wildman–Crippen LogP) is 2.02. The zero-order valence-electron chi connectivity index (χ0n) is 9.87. The maximum absolute atomic E-state index is 13.5. The van der Waals surface area contributed by atoms with Crippen LogP contribution < -0.4 is 0 Å². The molecule has 0 atom stereocenters. The molecule has 0 spiro atoms. The van der Waals surface area contributed by atoms with E-state index in [-0.39, 0.29) is 11.3 Å². The fraction of sp³-hybridized carbons (Fsp3) is 0.385. The minimum atomic E-state index is -0.834. The van der Waals surface area contributed by atoms with E-state index in [1.165, 1.54) is 23.1 Å². The summed E-state index contributed by atoms with van der Waals surface area (Å²) in [6.45, 7) is 3.75. The summed E-state index contributed by atoms with van der Waals surface area (Å²) in [5.74, 6) is -0.950. The third-order valence-corrected chi connectivity index (χ3v) is 3.27. The first-order valence-corrected chi connectivity index (χ1v) is 5.54. The Bertz CT molecular complexity index is 482. The minimum absolute atomic E-state index is 0.0159. The van der Waals surface area contributed by atoms with Crippen molar-refractivity contribution >= 4 is 11.7 Å². The van der Waals surface area contributed by atoms with Crippen molar-refractivity contribution in [2.45, 2.75) is 25.8 Å². The standard InChI is InChI=1S/C13H14FNO2/c1-13(2)11(16)7-8-15(13)12(17)9-5-3-4-6-10(9)14/h3-6H,7-8H2,1-2H3. The lowest BCUT2D eigenvalue weighted by molar-refractivity contribution is -0.123. The van der Waals surface area contributed by atoms with Gasteiger partial charge in [0.1, 0.15) is 5.82 Å². The quantitative estimate of drug-likeness (QED) is 0.746. The molecule has 90 valence electrons. The monoisotopic (exact) mass is 235 g/mol. The zero-order chi connectivity index (χ0) is 12.6. The van der Waals surface area contributed by atoms with Gasteiger partial charge in [0.25, 0.3) is 5.91 Å². The van der Waals surface area contributed by atoms with Crippen LogP contribution in [0.1, 0.15) is 30.6 Å². The van der Waals surface area contributed by atoms with Gasteiger partial charge in [0.2, 0.25) is 0 Å². The van der Waals surface area contributed by atoms with E-state index >= 15 is 0 Å². The van der Waals surface area contributed by atoms with Crippen LogP contribution in [0.5, 0.6) is 0 Å². The molecule has 17 heavy (non-hydrogen) atoms. The van der Waals surface area contributed by atoms with E-state index in [0.717, 1.165) is 0 Å². The molecule has 3 nitrogen and oxygen atoms in total. The van der Waals surface area contributed by atoms with Gasteiger partial charge < -0.3 is 4.90 Å². The normalized spacial score (nSPS) is 18.5. The van der Waals surface area contributed by atoms with Gasteiger partial charge in [-0.25, -0.2) is 4.39 Å². The second-order valence-corrected chi connectivity index (χ2v) is 4.67. The van der Waals surface area contributed by atoms with E-state index in [9.17, 15) is 14.0 Å². The first-order chi connectivity index (χ1) is 7.94. The van der Waals surface area contributed by atoms with Gasteiger partial charge in [0.05, 0.1) is 11.1 Å². The van der Waals surface area contributed by atoms with Gasteiger partial charge in [-0.15, -0.1) is 0 Å². The molecule has 0 bridgehead atoms. The van der Waals surface area contributed by atoms with Crippen molar-refractivity contribution in [2.75, 3.05) is 6.54 Å². The van der Waals surface area contributed by atoms with Crippen molar-refractivity contribution in [1.82, 2.24) is 4.90 Å². The fourth-order valence-electron chi connectivity index (χ4n) is 2.08. The van der Waals surface area contributed by atoms with Gasteiger partial charge in [0.15, 0.2) is 5.78 Å². The first-order valence-electron chi connectivity index (χ1n) is 5.54. The van der Waals surface area contributed by atoms with Crippen LogP contribution in [0.4, 0.5) is 4.39 Å². The molecule has 1 aliphatic rings. The molecule has 2 rings (SSSR count). The average Bonchev–Trinajstić information content (AvgIpc) is 2.54. The number of nitrogens with zero attached hydrogens (tertiary/aromatic N) is 1. The Morgan fingerprint density at radius 3 is 2.53 bits per heavy atom. The number of hydrogen-bond acceptors (Lipinski definition) is 2. The van der Waals surface area contributed by atoms with E-state index < -0.39 is 17.3 Å². The summed E-state index contributed by atoms with van der Waals surface area (Å²) in [4.78, 5) is 25.2. The van der Waals surface area contributed by atoms with Crippen molar-refractivity contribution in [1.29, 1.82) is 0 Å². The summed E-state index contributed by atoms with van der Waals surface area (Å²) < 4.78 is 13.5. The lowest BCUT2D eigenvalue weighted by atomic mass is 10.00. The van der Waals surface area contributed by atoms with E-state index in [4.69, 9.17) is 0 Å². The van der Waals surface area contributed by atoms with Crippen LogP contribution in [-0.2, 0) is 4.79 Å². The highest BCUT2D eigenvalue weighted by molar-refractivity contribution is 6.01. The van der Waals surface area contributed by atoms with Crippen molar-refractivity contribution in [2.24, 2.45) is 0 Å². The Balaban J connectivity index is 2.34. The van der Waals surface area contributed by atoms with Gasteiger partial charge >= 0.3 is 0 Å². The molecular weight excluding hydrogens is 221 g/mol. The Kier molecular flexibility index (Phi) is 2.73. The molecule has 0 aliphatic carbocycles. The number of Topliss-reactive ketones (excluding diaryl/α,β-unsaturated/α-hetero) is 1. The second kappa shape index (κ2) is 3.95. The highest BCUT2D eigenvalue weighted by atomic mass is 19.1. The van der Waals surface area contributed by atoms with E-state index in [0.29, 0.717) is 13.0 Å². The van der Waals surface area contributed by atoms with Crippen LogP contribution in [0.15, 0.2) is 24.3 Å². The van der Waals surface area contributed by atoms with E-state index in [1.807, 2.05) is 0 Å². The molecular formula is C13H14FNO2. The Hall–Kier alpha value is -1.71. The summed E-state index contributed by atoms with van der Waals surface area (Å²) in [7, 11) is 0. The van der Waals surface area contributed by atoms with Crippen LogP contribution in [0.25, 0.3) is 0 Å². The minimum Gasteiger partial charge on any atom is -0.326 e. The number of halogens is 1. The number of benzene rings is 1. The topological polar surface area (TPSA) is 37.4 Å². The van der Waals surface area contributed by atoms with Crippen LogP contribution in [0.2, 0.25) is 0 Å². The molecule has 0 unspecified atom stereocenters. The molecule has 1 saturated heterocycles. The van der Waals surface area contributed by atoms with E-state index in [1.54, 1.807) is 19.9 Å². The lowest BCUT2D eigenvalue weighted by Gasteiger charge is -2.30. The summed E-state index contributed by atoms with van der Waals surface area (Å²) in [5, 5.41) is 0. The largest absolute Gasteiger partial charge is 0.326 e. The second-order valence-electron chi connectivity index (χ2n) is 4.67. The van der Waals surface area contributed by atoms with Gasteiger partial charge in [-0.2, -0.15) is 0 Å². The highest BCUT2D eigenvalue weighted by Gasteiger charge is 2.43. The number of likely N-dealkylation sites (tertiary alicyclic amines) is 1.